The van der Waals surface area contributed by atoms with Gasteiger partial charge in [0, 0.05) is 18.0 Å². The molecular formula is C15H13NO2. The third-order valence-corrected chi connectivity index (χ3v) is 3.35. The van der Waals surface area contributed by atoms with Crippen molar-refractivity contribution >= 4 is 27.6 Å². The van der Waals surface area contributed by atoms with Gasteiger partial charge >= 0.3 is 5.97 Å². The number of hydrogen-bond acceptors (Lipinski definition) is 2. The van der Waals surface area contributed by atoms with Crippen LogP contribution in [0.3, 0.4) is 0 Å². The van der Waals surface area contributed by atoms with Crippen molar-refractivity contribution in [2.45, 2.75) is 0 Å². The number of esters is 1. The molecule has 0 aliphatic carbocycles. The third-order valence-electron chi connectivity index (χ3n) is 3.35. The van der Waals surface area contributed by atoms with Crippen molar-refractivity contribution in [2.24, 2.45) is 7.05 Å². The highest BCUT2D eigenvalue weighted by Crippen LogP contribution is 2.27. The maximum atomic E-state index is 11.7. The van der Waals surface area contributed by atoms with Crippen LogP contribution in [0.15, 0.2) is 42.5 Å². The summed E-state index contributed by atoms with van der Waals surface area (Å²) in [6.45, 7) is 0. The van der Waals surface area contributed by atoms with Gasteiger partial charge in [0.05, 0.1) is 7.11 Å². The lowest BCUT2D eigenvalue weighted by Crippen LogP contribution is -2.06. The number of hydrogen-bond donors (Lipinski definition) is 0. The topological polar surface area (TPSA) is 31.2 Å². The fourth-order valence-electron chi connectivity index (χ4n) is 2.39. The van der Waals surface area contributed by atoms with E-state index in [9.17, 15) is 4.79 Å². The van der Waals surface area contributed by atoms with Gasteiger partial charge in [-0.15, -0.1) is 0 Å². The fraction of sp³-hybridized carbons (Fsp3) is 0.133. The molecule has 1 aromatic heterocycles. The van der Waals surface area contributed by atoms with E-state index in [0.29, 0.717) is 5.69 Å². The van der Waals surface area contributed by atoms with Gasteiger partial charge in [-0.2, -0.15) is 0 Å². The Kier molecular flexibility index (Phi) is 2.33. The molecule has 1 heterocycles. The van der Waals surface area contributed by atoms with Crippen LogP contribution < -0.4 is 0 Å². The van der Waals surface area contributed by atoms with Gasteiger partial charge in [-0.3, -0.25) is 0 Å². The molecule has 0 aliphatic rings. The SMILES string of the molecule is COC(=O)c1cc2c3ccccc3ccc2n1C. The largest absolute Gasteiger partial charge is 0.464 e. The van der Waals surface area contributed by atoms with Crippen LogP contribution in [0.1, 0.15) is 10.5 Å². The number of methoxy groups -OCH3 is 1. The number of fused-ring (bicyclic) bond motifs is 3. The maximum Gasteiger partial charge on any atom is 0.354 e. The van der Waals surface area contributed by atoms with E-state index >= 15 is 0 Å². The van der Waals surface area contributed by atoms with Crippen LogP contribution in [0.5, 0.6) is 0 Å². The van der Waals surface area contributed by atoms with E-state index in [1.807, 2.05) is 35.9 Å². The number of benzene rings is 2. The highest BCUT2D eigenvalue weighted by Gasteiger charge is 2.14. The fourth-order valence-corrected chi connectivity index (χ4v) is 2.39. The molecule has 90 valence electrons. The smallest absolute Gasteiger partial charge is 0.354 e. The summed E-state index contributed by atoms with van der Waals surface area (Å²) in [6, 6.07) is 14.1. The summed E-state index contributed by atoms with van der Waals surface area (Å²) < 4.78 is 6.67. The second-order valence-corrected chi connectivity index (χ2v) is 4.30. The third kappa shape index (κ3) is 1.40. The summed E-state index contributed by atoms with van der Waals surface area (Å²) in [5, 5.41) is 3.41. The van der Waals surface area contributed by atoms with Crippen molar-refractivity contribution < 1.29 is 9.53 Å². The Morgan fingerprint density at radius 1 is 1.11 bits per heavy atom. The summed E-state index contributed by atoms with van der Waals surface area (Å²) >= 11 is 0. The molecule has 0 amide bonds. The zero-order valence-corrected chi connectivity index (χ0v) is 10.3. The van der Waals surface area contributed by atoms with Crippen LogP contribution in [-0.2, 0) is 11.8 Å². The van der Waals surface area contributed by atoms with Crippen LogP contribution in [-0.4, -0.2) is 17.6 Å². The number of carbonyl (C=O) groups is 1. The Morgan fingerprint density at radius 2 is 1.89 bits per heavy atom. The first kappa shape index (κ1) is 10.8. The highest BCUT2D eigenvalue weighted by atomic mass is 16.5. The van der Waals surface area contributed by atoms with Crippen molar-refractivity contribution in [1.29, 1.82) is 0 Å². The molecule has 2 aromatic carbocycles. The first-order valence-corrected chi connectivity index (χ1v) is 5.78. The van der Waals surface area contributed by atoms with E-state index in [1.165, 1.54) is 12.5 Å². The molecule has 0 atom stereocenters. The lowest BCUT2D eigenvalue weighted by atomic mass is 10.1. The Balaban J connectivity index is 2.42. The minimum absolute atomic E-state index is 0.308. The average Bonchev–Trinajstić information content (AvgIpc) is 2.76. The highest BCUT2D eigenvalue weighted by molar-refractivity contribution is 6.09. The predicted octanol–water partition coefficient (Wildman–Crippen LogP) is 3.12. The molecule has 3 nitrogen and oxygen atoms in total. The quantitative estimate of drug-likeness (QED) is 0.611. The zero-order chi connectivity index (χ0) is 12.7. The minimum Gasteiger partial charge on any atom is -0.464 e. The van der Waals surface area contributed by atoms with Crippen molar-refractivity contribution in [2.75, 3.05) is 7.11 Å². The summed E-state index contributed by atoms with van der Waals surface area (Å²) in [4.78, 5) is 11.7. The van der Waals surface area contributed by atoms with Gasteiger partial charge in [0.2, 0.25) is 0 Å². The minimum atomic E-state index is -0.308. The Bertz CT molecular complexity index is 756. The van der Waals surface area contributed by atoms with Crippen LogP contribution in [0.4, 0.5) is 0 Å². The number of rotatable bonds is 1. The normalized spacial score (nSPS) is 11.0. The van der Waals surface area contributed by atoms with Gasteiger partial charge in [0.15, 0.2) is 0 Å². The van der Waals surface area contributed by atoms with Gasteiger partial charge in [-0.05, 0) is 22.9 Å². The lowest BCUT2D eigenvalue weighted by Gasteiger charge is -2.02. The molecule has 18 heavy (non-hydrogen) atoms. The molecule has 0 N–H and O–H groups in total. The number of carbonyl (C=O) groups excluding carboxylic acids is 1. The standard InChI is InChI=1S/C15H13NO2/c1-16-13-8-7-10-5-3-4-6-11(10)12(13)9-14(16)15(17)18-2/h3-9H,1-2H3. The van der Waals surface area contributed by atoms with Gasteiger partial charge < -0.3 is 9.30 Å². The van der Waals surface area contributed by atoms with Crippen molar-refractivity contribution in [1.82, 2.24) is 4.57 Å². The number of nitrogens with zero attached hydrogens (tertiary/aromatic N) is 1. The van der Waals surface area contributed by atoms with Gasteiger partial charge in [0.1, 0.15) is 5.69 Å². The van der Waals surface area contributed by atoms with E-state index in [4.69, 9.17) is 4.74 Å². The van der Waals surface area contributed by atoms with Crippen LogP contribution in [0.2, 0.25) is 0 Å². The molecule has 3 rings (SSSR count). The van der Waals surface area contributed by atoms with E-state index in [0.717, 1.165) is 16.3 Å². The lowest BCUT2D eigenvalue weighted by molar-refractivity contribution is 0.0590. The summed E-state index contributed by atoms with van der Waals surface area (Å²) in [6.07, 6.45) is 0. The molecule has 0 saturated carbocycles. The average molecular weight is 239 g/mol. The molecule has 0 saturated heterocycles. The van der Waals surface area contributed by atoms with E-state index < -0.39 is 0 Å². The van der Waals surface area contributed by atoms with Gasteiger partial charge in [-0.1, -0.05) is 30.3 Å². The molecule has 0 spiro atoms. The summed E-state index contributed by atoms with van der Waals surface area (Å²) in [7, 11) is 3.28. The zero-order valence-electron chi connectivity index (χ0n) is 10.3. The number of aromatic nitrogens is 1. The summed E-state index contributed by atoms with van der Waals surface area (Å²) in [5.41, 5.74) is 1.61. The van der Waals surface area contributed by atoms with Crippen molar-refractivity contribution in [3.63, 3.8) is 0 Å². The Morgan fingerprint density at radius 3 is 2.67 bits per heavy atom. The molecular weight excluding hydrogens is 226 g/mol. The van der Waals surface area contributed by atoms with E-state index in [1.54, 1.807) is 0 Å². The molecule has 0 unspecified atom stereocenters. The first-order chi connectivity index (χ1) is 8.72. The number of aryl methyl sites for hydroxylation is 1. The first-order valence-electron chi connectivity index (χ1n) is 5.78. The van der Waals surface area contributed by atoms with Crippen molar-refractivity contribution in [3.05, 3.63) is 48.2 Å². The Hall–Kier alpha value is -2.29. The Labute approximate surface area is 105 Å². The van der Waals surface area contributed by atoms with E-state index in [-0.39, 0.29) is 5.97 Å². The molecule has 0 aliphatic heterocycles. The predicted molar refractivity (Wildman–Crippen MR) is 71.8 cm³/mol. The van der Waals surface area contributed by atoms with E-state index in [2.05, 4.69) is 18.2 Å². The van der Waals surface area contributed by atoms with Gasteiger partial charge in [-0.25, -0.2) is 4.79 Å². The molecule has 0 fully saturated rings. The number of ether oxygens (including phenoxy) is 1. The monoisotopic (exact) mass is 239 g/mol. The van der Waals surface area contributed by atoms with Crippen LogP contribution >= 0.6 is 0 Å². The molecule has 3 aromatic rings. The molecule has 3 heteroatoms. The van der Waals surface area contributed by atoms with Crippen LogP contribution in [0, 0.1) is 0 Å². The van der Waals surface area contributed by atoms with Gasteiger partial charge in [0.25, 0.3) is 0 Å². The molecule has 0 bridgehead atoms. The second-order valence-electron chi connectivity index (χ2n) is 4.30. The van der Waals surface area contributed by atoms with Crippen molar-refractivity contribution in [3.8, 4) is 0 Å². The second kappa shape index (κ2) is 3.88. The molecule has 0 radical (unpaired) electrons. The maximum absolute atomic E-state index is 11.7. The summed E-state index contributed by atoms with van der Waals surface area (Å²) in [5.74, 6) is -0.308. The van der Waals surface area contributed by atoms with Crippen LogP contribution in [0.25, 0.3) is 21.7 Å².